The van der Waals surface area contributed by atoms with Gasteiger partial charge in [-0.1, -0.05) is 0 Å². The van der Waals surface area contributed by atoms with Crippen LogP contribution in [0, 0.1) is 0 Å². The molecule has 2 unspecified atom stereocenters. The van der Waals surface area contributed by atoms with Crippen molar-refractivity contribution >= 4 is 0 Å². The first-order chi connectivity index (χ1) is 10.1. The van der Waals surface area contributed by atoms with Crippen molar-refractivity contribution < 1.29 is 14.2 Å². The number of piperazine rings is 1. The van der Waals surface area contributed by atoms with Gasteiger partial charge in [0, 0.05) is 43.9 Å². The Balaban J connectivity index is 2.29. The predicted octanol–water partition coefficient (Wildman–Crippen LogP) is 1.89. The Morgan fingerprint density at radius 3 is 2.24 bits per heavy atom. The molecule has 1 saturated heterocycles. The molecular weight excluding hydrogens is 268 g/mol. The average molecular weight is 294 g/mol. The summed E-state index contributed by atoms with van der Waals surface area (Å²) in [5.41, 5.74) is 1.07. The van der Waals surface area contributed by atoms with Crippen molar-refractivity contribution in [2.75, 3.05) is 34.4 Å². The van der Waals surface area contributed by atoms with Crippen LogP contribution in [0.2, 0.25) is 0 Å². The lowest BCUT2D eigenvalue weighted by molar-refractivity contribution is 0.136. The Morgan fingerprint density at radius 2 is 1.71 bits per heavy atom. The van der Waals surface area contributed by atoms with Crippen LogP contribution in [0.1, 0.15) is 19.4 Å². The molecular formula is C16H26N2O3. The summed E-state index contributed by atoms with van der Waals surface area (Å²) in [5, 5.41) is 3.50. The summed E-state index contributed by atoms with van der Waals surface area (Å²) in [6.45, 7) is 7.27. The fourth-order valence-corrected chi connectivity index (χ4v) is 2.75. The Kier molecular flexibility index (Phi) is 5.31. The SMILES string of the molecule is COc1cc(OC)c(CN2CC(C)NCC2C)c(OC)c1. The Labute approximate surface area is 127 Å². The van der Waals surface area contributed by atoms with Gasteiger partial charge in [-0.05, 0) is 13.8 Å². The number of nitrogens with one attached hydrogen (secondary N) is 1. The van der Waals surface area contributed by atoms with Crippen LogP contribution in [0.15, 0.2) is 12.1 Å². The number of ether oxygens (including phenoxy) is 3. The summed E-state index contributed by atoms with van der Waals surface area (Å²) >= 11 is 0. The van der Waals surface area contributed by atoms with Gasteiger partial charge in [-0.25, -0.2) is 0 Å². The number of hydrogen-bond acceptors (Lipinski definition) is 5. The molecule has 0 saturated carbocycles. The van der Waals surface area contributed by atoms with Crippen LogP contribution >= 0.6 is 0 Å². The van der Waals surface area contributed by atoms with Crippen molar-refractivity contribution in [3.05, 3.63) is 17.7 Å². The van der Waals surface area contributed by atoms with Crippen LogP contribution in [0.4, 0.5) is 0 Å². The van der Waals surface area contributed by atoms with E-state index in [9.17, 15) is 0 Å². The second kappa shape index (κ2) is 7.00. The van der Waals surface area contributed by atoms with Crippen molar-refractivity contribution in [2.24, 2.45) is 0 Å². The van der Waals surface area contributed by atoms with Crippen LogP contribution in [-0.4, -0.2) is 51.4 Å². The molecule has 0 radical (unpaired) electrons. The minimum atomic E-state index is 0.484. The molecule has 1 aromatic carbocycles. The highest BCUT2D eigenvalue weighted by Gasteiger charge is 2.25. The lowest BCUT2D eigenvalue weighted by Gasteiger charge is -2.38. The van der Waals surface area contributed by atoms with Crippen LogP contribution < -0.4 is 19.5 Å². The predicted molar refractivity (Wildman–Crippen MR) is 83.4 cm³/mol. The second-order valence-corrected chi connectivity index (χ2v) is 5.60. The van der Waals surface area contributed by atoms with Crippen LogP contribution in [0.25, 0.3) is 0 Å². The monoisotopic (exact) mass is 294 g/mol. The molecule has 0 aromatic heterocycles. The molecule has 0 spiro atoms. The quantitative estimate of drug-likeness (QED) is 0.898. The van der Waals surface area contributed by atoms with E-state index in [0.29, 0.717) is 12.1 Å². The fraction of sp³-hybridized carbons (Fsp3) is 0.625. The molecule has 2 rings (SSSR count). The highest BCUT2D eigenvalue weighted by molar-refractivity contribution is 5.50. The zero-order chi connectivity index (χ0) is 15.4. The van der Waals surface area contributed by atoms with Crippen molar-refractivity contribution in [1.82, 2.24) is 10.2 Å². The van der Waals surface area contributed by atoms with Crippen molar-refractivity contribution in [3.8, 4) is 17.2 Å². The Morgan fingerprint density at radius 1 is 1.10 bits per heavy atom. The molecule has 2 atom stereocenters. The zero-order valence-corrected chi connectivity index (χ0v) is 13.6. The van der Waals surface area contributed by atoms with Gasteiger partial charge in [0.1, 0.15) is 17.2 Å². The maximum absolute atomic E-state index is 5.53. The summed E-state index contributed by atoms with van der Waals surface area (Å²) < 4.78 is 16.4. The Hall–Kier alpha value is -1.46. The minimum absolute atomic E-state index is 0.484. The normalized spacial score (nSPS) is 22.9. The van der Waals surface area contributed by atoms with Crippen LogP contribution in [0.3, 0.4) is 0 Å². The van der Waals surface area contributed by atoms with E-state index >= 15 is 0 Å². The van der Waals surface area contributed by atoms with Crippen LogP contribution in [0.5, 0.6) is 17.2 Å². The number of rotatable bonds is 5. The first-order valence-corrected chi connectivity index (χ1v) is 7.35. The molecule has 1 N–H and O–H groups in total. The molecule has 0 amide bonds. The summed E-state index contributed by atoms with van der Waals surface area (Å²) in [6.07, 6.45) is 0. The number of benzene rings is 1. The molecule has 21 heavy (non-hydrogen) atoms. The van der Waals surface area contributed by atoms with E-state index in [-0.39, 0.29) is 0 Å². The van der Waals surface area contributed by atoms with Gasteiger partial charge >= 0.3 is 0 Å². The molecule has 0 aliphatic carbocycles. The molecule has 1 aliphatic heterocycles. The summed E-state index contributed by atoms with van der Waals surface area (Å²) in [5.74, 6) is 2.36. The van der Waals surface area contributed by atoms with Gasteiger partial charge in [-0.2, -0.15) is 0 Å². The van der Waals surface area contributed by atoms with Crippen molar-refractivity contribution in [3.63, 3.8) is 0 Å². The van der Waals surface area contributed by atoms with Gasteiger partial charge < -0.3 is 19.5 Å². The van der Waals surface area contributed by atoms with Gasteiger partial charge in [0.15, 0.2) is 0 Å². The first-order valence-electron chi connectivity index (χ1n) is 7.35. The maximum Gasteiger partial charge on any atom is 0.130 e. The van der Waals surface area contributed by atoms with Crippen molar-refractivity contribution in [2.45, 2.75) is 32.5 Å². The lowest BCUT2D eigenvalue weighted by Crippen LogP contribution is -2.53. The highest BCUT2D eigenvalue weighted by atomic mass is 16.5. The van der Waals surface area contributed by atoms with E-state index in [4.69, 9.17) is 14.2 Å². The molecule has 5 heteroatoms. The molecule has 1 fully saturated rings. The molecule has 0 bridgehead atoms. The number of nitrogens with zero attached hydrogens (tertiary/aromatic N) is 1. The third kappa shape index (κ3) is 3.60. The van der Waals surface area contributed by atoms with E-state index in [1.807, 2.05) is 12.1 Å². The van der Waals surface area contributed by atoms with E-state index in [2.05, 4.69) is 24.1 Å². The number of methoxy groups -OCH3 is 3. The van der Waals surface area contributed by atoms with E-state index in [0.717, 1.165) is 42.4 Å². The molecule has 5 nitrogen and oxygen atoms in total. The van der Waals surface area contributed by atoms with Crippen LogP contribution in [-0.2, 0) is 6.54 Å². The maximum atomic E-state index is 5.53. The number of hydrogen-bond donors (Lipinski definition) is 1. The summed E-state index contributed by atoms with van der Waals surface area (Å²) in [6, 6.07) is 4.80. The van der Waals surface area contributed by atoms with Gasteiger partial charge in [0.2, 0.25) is 0 Å². The van der Waals surface area contributed by atoms with Crippen molar-refractivity contribution in [1.29, 1.82) is 0 Å². The topological polar surface area (TPSA) is 43.0 Å². The van der Waals surface area contributed by atoms with Gasteiger partial charge in [0.05, 0.1) is 26.9 Å². The lowest BCUT2D eigenvalue weighted by atomic mass is 10.1. The van der Waals surface area contributed by atoms with E-state index in [1.54, 1.807) is 21.3 Å². The van der Waals surface area contributed by atoms with Gasteiger partial charge in [0.25, 0.3) is 0 Å². The van der Waals surface area contributed by atoms with Gasteiger partial charge in [-0.15, -0.1) is 0 Å². The largest absolute Gasteiger partial charge is 0.496 e. The second-order valence-electron chi connectivity index (χ2n) is 5.60. The molecule has 1 heterocycles. The highest BCUT2D eigenvalue weighted by Crippen LogP contribution is 2.35. The summed E-state index contributed by atoms with van der Waals surface area (Å²) in [7, 11) is 5.01. The van der Waals surface area contributed by atoms with E-state index in [1.165, 1.54) is 0 Å². The third-order valence-electron chi connectivity index (χ3n) is 4.07. The third-order valence-corrected chi connectivity index (χ3v) is 4.07. The van der Waals surface area contributed by atoms with E-state index < -0.39 is 0 Å². The molecule has 118 valence electrons. The smallest absolute Gasteiger partial charge is 0.130 e. The molecule has 1 aromatic rings. The van der Waals surface area contributed by atoms with Gasteiger partial charge in [-0.3, -0.25) is 4.90 Å². The minimum Gasteiger partial charge on any atom is -0.496 e. The average Bonchev–Trinajstić information content (AvgIpc) is 2.50. The first kappa shape index (κ1) is 15.9. The zero-order valence-electron chi connectivity index (χ0n) is 13.6. The molecule has 1 aliphatic rings. The summed E-state index contributed by atoms with van der Waals surface area (Å²) in [4.78, 5) is 2.45. The fourth-order valence-electron chi connectivity index (χ4n) is 2.75. The Bertz CT molecular complexity index is 454. The standard InChI is InChI=1S/C16H26N2O3/c1-11-9-18(12(2)8-17-11)10-14-15(20-4)6-13(19-3)7-16(14)21-5/h6-7,11-12,17H,8-10H2,1-5H3.